The van der Waals surface area contributed by atoms with Crippen LogP contribution in [0.4, 0.5) is 0 Å². The molecule has 0 aliphatic heterocycles. The van der Waals surface area contributed by atoms with Crippen molar-refractivity contribution in [1.82, 2.24) is 4.57 Å². The Morgan fingerprint density at radius 3 is 2.31 bits per heavy atom. The molecule has 0 aromatic carbocycles. The fourth-order valence-electron chi connectivity index (χ4n) is 1.77. The predicted molar refractivity (Wildman–Crippen MR) is 75.6 cm³/mol. The Hall–Kier alpha value is -1.24. The van der Waals surface area contributed by atoms with Gasteiger partial charge in [0.2, 0.25) is 0 Å². The van der Waals surface area contributed by atoms with Gasteiger partial charge in [0, 0.05) is 24.0 Å². The van der Waals surface area contributed by atoms with Crippen LogP contribution in [0.1, 0.15) is 51.4 Å². The summed E-state index contributed by atoms with van der Waals surface area (Å²) in [6.45, 7) is 15.3. The molecule has 1 aromatic heterocycles. The molecule has 0 aliphatic rings. The Balaban J connectivity index is 0.00000106. The van der Waals surface area contributed by atoms with E-state index in [9.17, 15) is 0 Å². The van der Waals surface area contributed by atoms with E-state index in [1.807, 2.05) is 26.8 Å². The molecule has 0 fully saturated rings. The van der Waals surface area contributed by atoms with E-state index < -0.39 is 0 Å². The van der Waals surface area contributed by atoms with Gasteiger partial charge in [-0.15, -0.1) is 0 Å². The number of aryl methyl sites for hydroxylation is 2. The summed E-state index contributed by atoms with van der Waals surface area (Å²) in [5.74, 6) is 0. The summed E-state index contributed by atoms with van der Waals surface area (Å²) in [6, 6.07) is 0. The number of nitrogens with zero attached hydrogens (tertiary/aromatic N) is 1. The minimum Gasteiger partial charge on any atom is -0.347 e. The van der Waals surface area contributed by atoms with Gasteiger partial charge in [-0.2, -0.15) is 0 Å². The molecule has 0 bridgehead atoms. The molecule has 0 N–H and O–H groups in total. The van der Waals surface area contributed by atoms with Crippen LogP contribution in [0.5, 0.6) is 0 Å². The van der Waals surface area contributed by atoms with Gasteiger partial charge in [0.1, 0.15) is 0 Å². The highest BCUT2D eigenvalue weighted by Crippen LogP contribution is 2.21. The normalized spacial score (nSPS) is 10.1. The molecule has 0 saturated carbocycles. The first kappa shape index (κ1) is 14.8. The summed E-state index contributed by atoms with van der Waals surface area (Å²) >= 11 is 0. The van der Waals surface area contributed by atoms with Crippen molar-refractivity contribution in [3.8, 4) is 0 Å². The van der Waals surface area contributed by atoms with Crippen LogP contribution in [0.3, 0.4) is 0 Å². The molecule has 0 radical (unpaired) electrons. The van der Waals surface area contributed by atoms with E-state index in [4.69, 9.17) is 0 Å². The highest BCUT2D eigenvalue weighted by molar-refractivity contribution is 5.65. The third-order valence-electron chi connectivity index (χ3n) is 2.49. The summed E-state index contributed by atoms with van der Waals surface area (Å²) in [5, 5.41) is 0. The Labute approximate surface area is 100 Å². The molecule has 90 valence electrons. The summed E-state index contributed by atoms with van der Waals surface area (Å²) < 4.78 is 2.27. The van der Waals surface area contributed by atoms with Crippen LogP contribution in [0, 0.1) is 0 Å². The highest BCUT2D eigenvalue weighted by atomic mass is 15.0. The maximum absolute atomic E-state index is 3.88. The minimum atomic E-state index is 1.01. The molecule has 0 amide bonds. The largest absolute Gasteiger partial charge is 0.347 e. The average molecular weight is 219 g/mol. The average Bonchev–Trinajstić information content (AvgIpc) is 2.69. The first-order valence-electron chi connectivity index (χ1n) is 6.25. The SMILES string of the molecule is C=Cc1c(CC)cn(CC)c1/C=C\C.CC. The van der Waals surface area contributed by atoms with E-state index in [0.29, 0.717) is 0 Å². The summed E-state index contributed by atoms with van der Waals surface area (Å²) in [7, 11) is 0. The second-order valence-corrected chi connectivity index (χ2v) is 3.30. The molecule has 0 atom stereocenters. The topological polar surface area (TPSA) is 4.93 Å². The molecule has 0 unspecified atom stereocenters. The van der Waals surface area contributed by atoms with E-state index in [0.717, 1.165) is 13.0 Å². The van der Waals surface area contributed by atoms with Gasteiger partial charge in [0.25, 0.3) is 0 Å². The fourth-order valence-corrected chi connectivity index (χ4v) is 1.77. The van der Waals surface area contributed by atoms with Gasteiger partial charge in [-0.3, -0.25) is 0 Å². The molecule has 1 heterocycles. The molecule has 16 heavy (non-hydrogen) atoms. The molecule has 0 spiro atoms. The molecular weight excluding hydrogens is 194 g/mol. The third-order valence-corrected chi connectivity index (χ3v) is 2.49. The number of hydrogen-bond donors (Lipinski definition) is 0. The van der Waals surface area contributed by atoms with Crippen molar-refractivity contribution in [1.29, 1.82) is 0 Å². The van der Waals surface area contributed by atoms with E-state index in [-0.39, 0.29) is 0 Å². The van der Waals surface area contributed by atoms with Crippen molar-refractivity contribution < 1.29 is 0 Å². The monoisotopic (exact) mass is 219 g/mol. The van der Waals surface area contributed by atoms with Gasteiger partial charge in [-0.25, -0.2) is 0 Å². The molecule has 1 nitrogen and oxygen atoms in total. The minimum absolute atomic E-state index is 1.01. The predicted octanol–water partition coefficient (Wildman–Crippen LogP) is 4.77. The van der Waals surface area contributed by atoms with Crippen molar-refractivity contribution >= 4 is 12.2 Å². The van der Waals surface area contributed by atoms with Crippen LogP contribution in [-0.2, 0) is 13.0 Å². The highest BCUT2D eigenvalue weighted by Gasteiger charge is 2.08. The molecular formula is C15H25N. The number of aromatic nitrogens is 1. The maximum atomic E-state index is 3.88. The van der Waals surface area contributed by atoms with Crippen molar-refractivity contribution in [3.63, 3.8) is 0 Å². The van der Waals surface area contributed by atoms with Crippen LogP contribution in [0.25, 0.3) is 12.2 Å². The molecule has 1 aromatic rings. The first-order valence-corrected chi connectivity index (χ1v) is 6.25. The lowest BCUT2D eigenvalue weighted by atomic mass is 10.1. The summed E-state index contributed by atoms with van der Waals surface area (Å²) in [5.41, 5.74) is 3.95. The van der Waals surface area contributed by atoms with Crippen LogP contribution >= 0.6 is 0 Å². The Morgan fingerprint density at radius 1 is 1.31 bits per heavy atom. The number of hydrogen-bond acceptors (Lipinski definition) is 0. The van der Waals surface area contributed by atoms with Gasteiger partial charge in [0.05, 0.1) is 0 Å². The molecule has 0 saturated heterocycles. The lowest BCUT2D eigenvalue weighted by molar-refractivity contribution is 0.758. The van der Waals surface area contributed by atoms with Gasteiger partial charge < -0.3 is 4.57 Å². The van der Waals surface area contributed by atoms with E-state index in [1.165, 1.54) is 16.8 Å². The first-order chi connectivity index (χ1) is 7.78. The lowest BCUT2D eigenvalue weighted by Crippen LogP contribution is -1.94. The second-order valence-electron chi connectivity index (χ2n) is 3.30. The van der Waals surface area contributed by atoms with Crippen molar-refractivity contribution in [3.05, 3.63) is 35.7 Å². The zero-order valence-corrected chi connectivity index (χ0v) is 11.4. The van der Waals surface area contributed by atoms with Crippen molar-refractivity contribution in [2.45, 2.75) is 47.6 Å². The van der Waals surface area contributed by atoms with Crippen LogP contribution in [-0.4, -0.2) is 4.57 Å². The second kappa shape index (κ2) is 7.98. The van der Waals surface area contributed by atoms with Crippen LogP contribution in [0.15, 0.2) is 18.9 Å². The summed E-state index contributed by atoms with van der Waals surface area (Å²) in [6.07, 6.45) is 9.49. The fraction of sp³-hybridized carbons (Fsp3) is 0.467. The Bertz CT molecular complexity index is 343. The van der Waals surface area contributed by atoms with Gasteiger partial charge >= 0.3 is 0 Å². The van der Waals surface area contributed by atoms with Gasteiger partial charge in [-0.1, -0.05) is 39.5 Å². The zero-order chi connectivity index (χ0) is 12.6. The van der Waals surface area contributed by atoms with Crippen LogP contribution in [0.2, 0.25) is 0 Å². The standard InChI is InChI=1S/C13H19N.C2H6/c1-5-9-13-12(7-3)11(6-2)10-14(13)8-4;1-2/h5,7,9-10H,3,6,8H2,1-2,4H3;1-2H3/b9-5-;. The number of rotatable bonds is 4. The molecule has 1 heteroatoms. The van der Waals surface area contributed by atoms with Crippen molar-refractivity contribution in [2.24, 2.45) is 0 Å². The van der Waals surface area contributed by atoms with E-state index in [2.05, 4.69) is 43.3 Å². The quantitative estimate of drug-likeness (QED) is 0.687. The van der Waals surface area contributed by atoms with Crippen LogP contribution < -0.4 is 0 Å². The smallest absolute Gasteiger partial charge is 0.0479 e. The maximum Gasteiger partial charge on any atom is 0.0479 e. The Kier molecular flexibility index (Phi) is 7.36. The van der Waals surface area contributed by atoms with E-state index >= 15 is 0 Å². The van der Waals surface area contributed by atoms with Gasteiger partial charge in [-0.05, 0) is 31.9 Å². The lowest BCUT2D eigenvalue weighted by Gasteiger charge is -2.02. The van der Waals surface area contributed by atoms with Gasteiger partial charge in [0.15, 0.2) is 0 Å². The van der Waals surface area contributed by atoms with E-state index in [1.54, 1.807) is 0 Å². The zero-order valence-electron chi connectivity index (χ0n) is 11.4. The summed E-state index contributed by atoms with van der Waals surface area (Å²) in [4.78, 5) is 0. The van der Waals surface area contributed by atoms with Crippen molar-refractivity contribution in [2.75, 3.05) is 0 Å². The molecule has 0 aliphatic carbocycles. The third kappa shape index (κ3) is 3.13. The number of allylic oxidation sites excluding steroid dienone is 1. The molecule has 1 rings (SSSR count). The Morgan fingerprint density at radius 2 is 1.94 bits per heavy atom.